The van der Waals surface area contributed by atoms with E-state index >= 15 is 0 Å². The van der Waals surface area contributed by atoms with Crippen LogP contribution in [0.1, 0.15) is 33.1 Å². The minimum atomic E-state index is -4.29. The molecule has 168 valence electrons. The van der Waals surface area contributed by atoms with Crippen molar-refractivity contribution in [1.29, 1.82) is 0 Å². The number of aliphatic imine (C=N–C) groups is 1. The fraction of sp³-hybridized carbons (Fsp3) is 0.895. The first-order chi connectivity index (χ1) is 13.8. The molecule has 2 heterocycles. The van der Waals surface area contributed by atoms with E-state index in [2.05, 4.69) is 24.8 Å². The lowest BCUT2D eigenvalue weighted by molar-refractivity contribution is -0.173. The first kappa shape index (κ1) is 23.7. The highest BCUT2D eigenvalue weighted by Gasteiger charge is 2.30. The maximum absolute atomic E-state index is 12.6. The molecule has 7 nitrogen and oxygen atoms in total. The van der Waals surface area contributed by atoms with E-state index in [0.29, 0.717) is 19.5 Å². The van der Waals surface area contributed by atoms with Crippen LogP contribution in [0, 0.1) is 0 Å². The third kappa shape index (κ3) is 8.00. The number of hydrogen-bond donors (Lipinski definition) is 1. The average molecular weight is 422 g/mol. The van der Waals surface area contributed by atoms with Crippen LogP contribution in [0.5, 0.6) is 0 Å². The summed E-state index contributed by atoms with van der Waals surface area (Å²) in [6, 6.07) is -0.111. The summed E-state index contributed by atoms with van der Waals surface area (Å²) in [5.41, 5.74) is 0. The maximum atomic E-state index is 12.6. The van der Waals surface area contributed by atoms with E-state index in [0.717, 1.165) is 58.1 Å². The van der Waals surface area contributed by atoms with Crippen LogP contribution >= 0.6 is 0 Å². The third-order valence-corrected chi connectivity index (χ3v) is 5.25. The second kappa shape index (κ2) is 11.6. The van der Waals surface area contributed by atoms with Crippen LogP contribution in [0.15, 0.2) is 4.99 Å². The number of alkyl halides is 3. The summed E-state index contributed by atoms with van der Waals surface area (Å²) < 4.78 is 40.8. The van der Waals surface area contributed by atoms with Crippen molar-refractivity contribution in [3.8, 4) is 0 Å². The molecule has 0 aliphatic carbocycles. The Labute approximate surface area is 171 Å². The van der Waals surface area contributed by atoms with E-state index in [1.165, 1.54) is 0 Å². The number of nitrogens with one attached hydrogen (secondary N) is 1. The Morgan fingerprint density at radius 3 is 2.34 bits per heavy atom. The summed E-state index contributed by atoms with van der Waals surface area (Å²) >= 11 is 0. The van der Waals surface area contributed by atoms with Gasteiger partial charge in [-0.15, -0.1) is 0 Å². The average Bonchev–Trinajstić information content (AvgIpc) is 3.23. The molecular formula is C19H34F3N5O2. The molecular weight excluding hydrogens is 387 g/mol. The number of likely N-dealkylation sites (tertiary alicyclic amines) is 1. The number of amides is 1. The van der Waals surface area contributed by atoms with Gasteiger partial charge in [-0.2, -0.15) is 13.2 Å². The summed E-state index contributed by atoms with van der Waals surface area (Å²) in [4.78, 5) is 23.4. The molecule has 1 atom stereocenters. The zero-order valence-electron chi connectivity index (χ0n) is 17.5. The van der Waals surface area contributed by atoms with Gasteiger partial charge in [-0.25, -0.2) is 0 Å². The largest absolute Gasteiger partial charge is 0.411 e. The van der Waals surface area contributed by atoms with Crippen LogP contribution in [0.2, 0.25) is 0 Å². The molecule has 2 saturated heterocycles. The van der Waals surface area contributed by atoms with Gasteiger partial charge in [0.25, 0.3) is 0 Å². The molecule has 0 aromatic rings. The Balaban J connectivity index is 1.75. The van der Waals surface area contributed by atoms with Gasteiger partial charge in [0.05, 0.1) is 6.04 Å². The van der Waals surface area contributed by atoms with E-state index in [9.17, 15) is 18.0 Å². The number of halogens is 3. The molecule has 0 saturated carbocycles. The van der Waals surface area contributed by atoms with E-state index in [1.807, 2.05) is 18.7 Å². The molecule has 0 aromatic carbocycles. The summed E-state index contributed by atoms with van der Waals surface area (Å²) in [6.07, 6.45) is -1.66. The summed E-state index contributed by atoms with van der Waals surface area (Å²) in [5, 5.41) is 3.24. The normalized spacial score (nSPS) is 20.2. The number of guanidine groups is 1. The zero-order chi connectivity index (χ0) is 21.3. The molecule has 2 aliphatic rings. The number of nitrogens with zero attached hydrogens (tertiary/aromatic N) is 4. The maximum Gasteiger partial charge on any atom is 0.411 e. The highest BCUT2D eigenvalue weighted by Crippen LogP contribution is 2.15. The van der Waals surface area contributed by atoms with Gasteiger partial charge in [0, 0.05) is 59.0 Å². The van der Waals surface area contributed by atoms with E-state index in [4.69, 9.17) is 0 Å². The van der Waals surface area contributed by atoms with Gasteiger partial charge in [0.1, 0.15) is 6.61 Å². The monoisotopic (exact) mass is 421 g/mol. The molecule has 2 aliphatic heterocycles. The van der Waals surface area contributed by atoms with Gasteiger partial charge < -0.3 is 19.9 Å². The Morgan fingerprint density at radius 2 is 1.76 bits per heavy atom. The van der Waals surface area contributed by atoms with Crippen LogP contribution in [0.4, 0.5) is 13.2 Å². The van der Waals surface area contributed by atoms with Gasteiger partial charge in [-0.3, -0.25) is 14.7 Å². The predicted molar refractivity (Wildman–Crippen MR) is 106 cm³/mol. The second-order valence-electron chi connectivity index (χ2n) is 7.49. The van der Waals surface area contributed by atoms with Crippen LogP contribution in [-0.2, 0) is 9.53 Å². The quantitative estimate of drug-likeness (QED) is 0.366. The van der Waals surface area contributed by atoms with Crippen molar-refractivity contribution in [2.45, 2.75) is 45.3 Å². The molecule has 0 radical (unpaired) electrons. The molecule has 29 heavy (non-hydrogen) atoms. The summed E-state index contributed by atoms with van der Waals surface area (Å²) in [6.45, 7) is 8.71. The molecule has 0 aromatic heterocycles. The number of ether oxygens (including phenoxy) is 1. The number of hydrogen-bond acceptors (Lipinski definition) is 4. The first-order valence-corrected chi connectivity index (χ1v) is 10.5. The fourth-order valence-corrected chi connectivity index (χ4v) is 3.64. The van der Waals surface area contributed by atoms with Gasteiger partial charge in [0.15, 0.2) is 5.96 Å². The fourth-order valence-electron chi connectivity index (χ4n) is 3.64. The van der Waals surface area contributed by atoms with E-state index in [1.54, 1.807) is 0 Å². The smallest absolute Gasteiger partial charge is 0.372 e. The van der Waals surface area contributed by atoms with Crippen molar-refractivity contribution in [1.82, 2.24) is 20.0 Å². The van der Waals surface area contributed by atoms with Crippen molar-refractivity contribution in [3.05, 3.63) is 0 Å². The van der Waals surface area contributed by atoms with Crippen LogP contribution in [0.3, 0.4) is 0 Å². The highest BCUT2D eigenvalue weighted by atomic mass is 19.4. The topological polar surface area (TPSA) is 60.4 Å². The number of carbonyl (C=O) groups excluding carboxylic acids is 1. The first-order valence-electron chi connectivity index (χ1n) is 10.5. The molecule has 1 amide bonds. The molecule has 10 heteroatoms. The van der Waals surface area contributed by atoms with Crippen molar-refractivity contribution < 1.29 is 22.7 Å². The minimum absolute atomic E-state index is 0.0340. The molecule has 0 spiro atoms. The molecule has 0 bridgehead atoms. The lowest BCUT2D eigenvalue weighted by Gasteiger charge is -2.39. The second-order valence-corrected chi connectivity index (χ2v) is 7.49. The number of carbonyl (C=O) groups is 1. The Hall–Kier alpha value is -1.55. The molecule has 2 rings (SSSR count). The van der Waals surface area contributed by atoms with Crippen LogP contribution in [0.25, 0.3) is 0 Å². The van der Waals surface area contributed by atoms with Gasteiger partial charge in [0.2, 0.25) is 5.91 Å². The van der Waals surface area contributed by atoms with Crippen LogP contribution in [-0.4, -0.2) is 104 Å². The Kier molecular flexibility index (Phi) is 9.48. The number of piperazine rings is 1. The standard InChI is InChI=1S/C19H34F3N5O2/c1-3-23-18(24-7-6-14-29-15-19(20,21)22)27-12-10-25(11-13-27)16(2)17(28)26-8-4-5-9-26/h16H,3-15H2,1-2H3,(H,23,24). The Morgan fingerprint density at radius 1 is 1.10 bits per heavy atom. The lowest BCUT2D eigenvalue weighted by Crippen LogP contribution is -2.57. The SMILES string of the molecule is CCNC(=NCCCOCC(F)(F)F)N1CCN(C(C)C(=O)N2CCCC2)CC1. The van der Waals surface area contributed by atoms with Crippen molar-refractivity contribution in [2.75, 3.05) is 65.6 Å². The third-order valence-electron chi connectivity index (χ3n) is 5.25. The van der Waals surface area contributed by atoms with Crippen molar-refractivity contribution >= 4 is 11.9 Å². The van der Waals surface area contributed by atoms with Crippen LogP contribution < -0.4 is 5.32 Å². The highest BCUT2D eigenvalue weighted by molar-refractivity contribution is 5.82. The van der Waals surface area contributed by atoms with Crippen molar-refractivity contribution in [2.24, 2.45) is 4.99 Å². The number of rotatable bonds is 8. The van der Waals surface area contributed by atoms with Gasteiger partial charge in [-0.1, -0.05) is 0 Å². The van der Waals surface area contributed by atoms with Gasteiger partial charge in [-0.05, 0) is 33.1 Å². The minimum Gasteiger partial charge on any atom is -0.372 e. The van der Waals surface area contributed by atoms with E-state index in [-0.39, 0.29) is 18.6 Å². The molecule has 1 N–H and O–H groups in total. The van der Waals surface area contributed by atoms with E-state index < -0.39 is 12.8 Å². The molecule has 2 fully saturated rings. The summed E-state index contributed by atoms with van der Waals surface area (Å²) in [5.74, 6) is 0.983. The van der Waals surface area contributed by atoms with Gasteiger partial charge >= 0.3 is 6.18 Å². The zero-order valence-corrected chi connectivity index (χ0v) is 17.5. The predicted octanol–water partition coefficient (Wildman–Crippen LogP) is 1.55. The lowest BCUT2D eigenvalue weighted by atomic mass is 10.2. The summed E-state index contributed by atoms with van der Waals surface area (Å²) in [7, 11) is 0. The van der Waals surface area contributed by atoms with Crippen molar-refractivity contribution in [3.63, 3.8) is 0 Å². The molecule has 1 unspecified atom stereocenters. The Bertz CT molecular complexity index is 530.